The van der Waals surface area contributed by atoms with E-state index in [4.69, 9.17) is 9.47 Å². The van der Waals surface area contributed by atoms with E-state index in [1.165, 1.54) is 17.6 Å². The van der Waals surface area contributed by atoms with Gasteiger partial charge < -0.3 is 14.6 Å². The summed E-state index contributed by atoms with van der Waals surface area (Å²) in [6.07, 6.45) is 3.48. The van der Waals surface area contributed by atoms with Gasteiger partial charge in [-0.25, -0.2) is 0 Å². The average Bonchev–Trinajstić information content (AvgIpc) is 3.27. The monoisotopic (exact) mass is 350 g/mol. The van der Waals surface area contributed by atoms with Gasteiger partial charge in [-0.15, -0.1) is 0 Å². The Bertz CT molecular complexity index is 769. The minimum absolute atomic E-state index is 0.00448. The minimum Gasteiger partial charge on any atom is -0.492 e. The quantitative estimate of drug-likeness (QED) is 0.840. The van der Waals surface area contributed by atoms with Gasteiger partial charge in [0.25, 0.3) is 0 Å². The Kier molecular flexibility index (Phi) is 4.84. The van der Waals surface area contributed by atoms with Gasteiger partial charge in [-0.1, -0.05) is 67.1 Å². The molecule has 0 radical (unpaired) electrons. The Labute approximate surface area is 155 Å². The summed E-state index contributed by atoms with van der Waals surface area (Å²) in [4.78, 5) is 0. The van der Waals surface area contributed by atoms with Crippen molar-refractivity contribution >= 4 is 5.57 Å². The lowest BCUT2D eigenvalue weighted by atomic mass is 9.79. The number of fused-ring (bicyclic) bond motifs is 1. The second kappa shape index (κ2) is 7.26. The van der Waals surface area contributed by atoms with Crippen LogP contribution in [0.25, 0.3) is 5.57 Å². The normalized spacial score (nSPS) is 27.6. The Morgan fingerprint density at radius 3 is 2.35 bits per heavy atom. The predicted octanol–water partition coefficient (Wildman–Crippen LogP) is 4.38. The highest BCUT2D eigenvalue weighted by Crippen LogP contribution is 2.61. The Balaban J connectivity index is 1.95. The maximum Gasteiger partial charge on any atom is 0.153 e. The van der Waals surface area contributed by atoms with Crippen LogP contribution in [0.2, 0.25) is 0 Å². The van der Waals surface area contributed by atoms with Crippen LogP contribution in [0, 0.1) is 11.8 Å². The molecule has 26 heavy (non-hydrogen) atoms. The van der Waals surface area contributed by atoms with E-state index < -0.39 is 5.60 Å². The molecule has 0 bridgehead atoms. The lowest BCUT2D eigenvalue weighted by Crippen LogP contribution is -2.37. The summed E-state index contributed by atoms with van der Waals surface area (Å²) in [6, 6.07) is 20.9. The summed E-state index contributed by atoms with van der Waals surface area (Å²) in [6.45, 7) is 0.276. The smallest absolute Gasteiger partial charge is 0.153 e. The first kappa shape index (κ1) is 17.3. The molecule has 1 N–H and O–H groups in total. The zero-order valence-electron chi connectivity index (χ0n) is 15.2. The Hall–Kier alpha value is -2.10. The molecule has 3 atom stereocenters. The Morgan fingerprint density at radius 1 is 1.00 bits per heavy atom. The molecule has 3 heteroatoms. The standard InChI is InChI=1S/C23H26O3/c1-25-23(18-11-6-3-7-12-18)20-14-8-13-19(20)21(22(23)26-16-15-24)17-9-4-2-5-10-17/h2-7,9-12,19-20,24H,8,13-16H2,1H3/t19-,20+,23-/m0/s1. The third kappa shape index (κ3) is 2.58. The van der Waals surface area contributed by atoms with Gasteiger partial charge in [-0.2, -0.15) is 0 Å². The number of allylic oxidation sites excluding steroid dienone is 1. The largest absolute Gasteiger partial charge is 0.492 e. The number of benzene rings is 2. The molecule has 0 aromatic heterocycles. The Morgan fingerprint density at radius 2 is 1.69 bits per heavy atom. The van der Waals surface area contributed by atoms with Crippen molar-refractivity contribution in [1.29, 1.82) is 0 Å². The summed E-state index contributed by atoms with van der Waals surface area (Å²) in [5.41, 5.74) is 3.01. The van der Waals surface area contributed by atoms with Crippen molar-refractivity contribution in [2.75, 3.05) is 20.3 Å². The van der Waals surface area contributed by atoms with E-state index in [1.807, 2.05) is 12.1 Å². The van der Waals surface area contributed by atoms with E-state index >= 15 is 0 Å². The highest BCUT2D eigenvalue weighted by Gasteiger charge is 2.58. The zero-order chi connectivity index (χ0) is 18.0. The van der Waals surface area contributed by atoms with Crippen molar-refractivity contribution in [3.63, 3.8) is 0 Å². The molecule has 0 saturated heterocycles. The highest BCUT2D eigenvalue weighted by molar-refractivity contribution is 5.75. The van der Waals surface area contributed by atoms with E-state index in [0.717, 1.165) is 24.2 Å². The first-order chi connectivity index (χ1) is 12.8. The molecule has 136 valence electrons. The lowest BCUT2D eigenvalue weighted by molar-refractivity contribution is -0.0687. The number of aliphatic hydroxyl groups excluding tert-OH is 1. The molecule has 0 amide bonds. The van der Waals surface area contributed by atoms with Crippen molar-refractivity contribution in [3.8, 4) is 0 Å². The van der Waals surface area contributed by atoms with Crippen molar-refractivity contribution in [3.05, 3.63) is 77.5 Å². The van der Waals surface area contributed by atoms with Gasteiger partial charge in [-0.05, 0) is 29.9 Å². The second-order valence-corrected chi connectivity index (χ2v) is 7.13. The molecule has 0 unspecified atom stereocenters. The van der Waals surface area contributed by atoms with Crippen LogP contribution in [0.5, 0.6) is 0 Å². The molecule has 2 aliphatic carbocycles. The molecule has 4 rings (SSSR count). The number of ether oxygens (including phenoxy) is 2. The first-order valence-corrected chi connectivity index (χ1v) is 9.47. The fraction of sp³-hybridized carbons (Fsp3) is 0.391. The van der Waals surface area contributed by atoms with Crippen LogP contribution in [0.4, 0.5) is 0 Å². The molecule has 2 aromatic carbocycles. The first-order valence-electron chi connectivity index (χ1n) is 9.47. The number of methoxy groups -OCH3 is 1. The molecule has 2 aromatic rings. The summed E-state index contributed by atoms with van der Waals surface area (Å²) in [7, 11) is 1.79. The maximum absolute atomic E-state index is 9.41. The van der Waals surface area contributed by atoms with Crippen molar-refractivity contribution in [1.82, 2.24) is 0 Å². The van der Waals surface area contributed by atoms with E-state index in [1.54, 1.807) is 7.11 Å². The van der Waals surface area contributed by atoms with Crippen LogP contribution in [-0.4, -0.2) is 25.4 Å². The van der Waals surface area contributed by atoms with Gasteiger partial charge in [-0.3, -0.25) is 0 Å². The van der Waals surface area contributed by atoms with Crippen LogP contribution in [-0.2, 0) is 15.1 Å². The number of hydrogen-bond acceptors (Lipinski definition) is 3. The third-order valence-corrected chi connectivity index (χ3v) is 5.94. The van der Waals surface area contributed by atoms with Crippen LogP contribution in [0.3, 0.4) is 0 Å². The van der Waals surface area contributed by atoms with E-state index in [-0.39, 0.29) is 13.2 Å². The molecule has 3 nitrogen and oxygen atoms in total. The number of hydrogen-bond donors (Lipinski definition) is 1. The van der Waals surface area contributed by atoms with Crippen LogP contribution in [0.1, 0.15) is 30.4 Å². The third-order valence-electron chi connectivity index (χ3n) is 5.94. The van der Waals surface area contributed by atoms with Gasteiger partial charge in [0.15, 0.2) is 5.60 Å². The minimum atomic E-state index is -0.581. The van der Waals surface area contributed by atoms with Gasteiger partial charge >= 0.3 is 0 Å². The lowest BCUT2D eigenvalue weighted by Gasteiger charge is -2.36. The van der Waals surface area contributed by atoms with Crippen LogP contribution < -0.4 is 0 Å². The number of rotatable bonds is 6. The SMILES string of the molecule is CO[C@]1(c2ccccc2)C(OCCO)=C(c2ccccc2)[C@H]2CCC[C@H]21. The molecule has 1 saturated carbocycles. The summed E-state index contributed by atoms with van der Waals surface area (Å²) in [5, 5.41) is 9.41. The topological polar surface area (TPSA) is 38.7 Å². The fourth-order valence-electron chi connectivity index (χ4n) is 5.02. The van der Waals surface area contributed by atoms with Crippen LogP contribution >= 0.6 is 0 Å². The average molecular weight is 350 g/mol. The maximum atomic E-state index is 9.41. The van der Waals surface area contributed by atoms with Gasteiger partial charge in [0.1, 0.15) is 12.4 Å². The summed E-state index contributed by atoms with van der Waals surface area (Å²) >= 11 is 0. The van der Waals surface area contributed by atoms with Gasteiger partial charge in [0.2, 0.25) is 0 Å². The fourth-order valence-corrected chi connectivity index (χ4v) is 5.02. The zero-order valence-corrected chi connectivity index (χ0v) is 15.2. The predicted molar refractivity (Wildman–Crippen MR) is 102 cm³/mol. The number of aliphatic hydroxyl groups is 1. The summed E-state index contributed by atoms with van der Waals surface area (Å²) < 4.78 is 12.5. The van der Waals surface area contributed by atoms with Crippen LogP contribution in [0.15, 0.2) is 66.4 Å². The van der Waals surface area contributed by atoms with E-state index in [2.05, 4.69) is 48.5 Å². The highest BCUT2D eigenvalue weighted by atomic mass is 16.5. The molecule has 1 fully saturated rings. The van der Waals surface area contributed by atoms with Crippen molar-refractivity contribution in [2.45, 2.75) is 24.9 Å². The molecule has 2 aliphatic rings. The van der Waals surface area contributed by atoms with Gasteiger partial charge in [0.05, 0.1) is 6.61 Å². The van der Waals surface area contributed by atoms with E-state index in [0.29, 0.717) is 11.8 Å². The molecule has 0 spiro atoms. The molecule has 0 heterocycles. The van der Waals surface area contributed by atoms with Gasteiger partial charge in [0, 0.05) is 18.6 Å². The molecule has 0 aliphatic heterocycles. The van der Waals surface area contributed by atoms with Crippen molar-refractivity contribution in [2.24, 2.45) is 11.8 Å². The second-order valence-electron chi connectivity index (χ2n) is 7.13. The summed E-state index contributed by atoms with van der Waals surface area (Å²) in [5.74, 6) is 1.67. The van der Waals surface area contributed by atoms with Crippen molar-refractivity contribution < 1.29 is 14.6 Å². The van der Waals surface area contributed by atoms with E-state index in [9.17, 15) is 5.11 Å². The molecular formula is C23H26O3. The molecular weight excluding hydrogens is 324 g/mol.